The van der Waals surface area contributed by atoms with E-state index in [1.165, 1.54) is 0 Å². The highest BCUT2D eigenvalue weighted by Crippen LogP contribution is 2.50. The average Bonchev–Trinajstić information content (AvgIpc) is 1.55. The molecule has 11 heavy (non-hydrogen) atoms. The summed E-state index contributed by atoms with van der Waals surface area (Å²) in [6, 6.07) is 0. The first kappa shape index (κ1) is 10.9. The smallest absolute Gasteiger partial charge is 0.223 e. The van der Waals surface area contributed by atoms with Gasteiger partial charge in [0.05, 0.1) is 16.9 Å². The molecule has 0 aliphatic carbocycles. The van der Waals surface area contributed by atoms with E-state index in [4.69, 9.17) is 0 Å². The number of halogens is 2. The summed E-state index contributed by atoms with van der Waals surface area (Å²) in [5, 5.41) is 0. The van der Waals surface area contributed by atoms with Gasteiger partial charge in [0.1, 0.15) is 0 Å². The second-order valence-electron chi connectivity index (χ2n) is 2.86. The highest BCUT2D eigenvalue weighted by molar-refractivity contribution is 7.67. The minimum atomic E-state index is -5.26. The molecule has 0 aromatic rings. The van der Waals surface area contributed by atoms with Gasteiger partial charge in [-0.25, -0.2) is 8.93 Å². The number of hydrogen-bond acceptors (Lipinski definition) is 2. The van der Waals surface area contributed by atoms with Gasteiger partial charge in [0.2, 0.25) is 0 Å². The molecular formula is C4H9F2N2OPS. The zero-order valence-corrected chi connectivity index (χ0v) is 8.12. The molecule has 0 amide bonds. The van der Waals surface area contributed by atoms with Crippen molar-refractivity contribution < 1.29 is 13.0 Å². The monoisotopic (exact) mass is 202 g/mol. The largest absolute Gasteiger partial charge is 0.541 e. The highest BCUT2D eigenvalue weighted by atomic mass is 32.1. The molecule has 0 N–H and O–H groups in total. The number of hydrogen-bond donors (Lipinski definition) is 0. The zero-order chi connectivity index (χ0) is 9.12. The highest BCUT2D eigenvalue weighted by Gasteiger charge is 2.15. The third-order valence-corrected chi connectivity index (χ3v) is 2.13. The van der Waals surface area contributed by atoms with E-state index in [1.54, 1.807) is 20.8 Å². The van der Waals surface area contributed by atoms with E-state index in [0.717, 1.165) is 0 Å². The van der Waals surface area contributed by atoms with Gasteiger partial charge in [-0.05, 0) is 20.8 Å². The summed E-state index contributed by atoms with van der Waals surface area (Å²) in [5.74, 6) is 0. The van der Waals surface area contributed by atoms with Crippen molar-refractivity contribution in [1.82, 2.24) is 0 Å². The van der Waals surface area contributed by atoms with Crippen molar-refractivity contribution in [3.63, 3.8) is 0 Å². The van der Waals surface area contributed by atoms with E-state index < -0.39 is 13.5 Å². The Morgan fingerprint density at radius 3 is 2.09 bits per heavy atom. The SMILES string of the molecule is CC(C)(C)N=S=NP(=O)(F)F. The van der Waals surface area contributed by atoms with Crippen LogP contribution in [0.1, 0.15) is 20.8 Å². The van der Waals surface area contributed by atoms with Gasteiger partial charge in [0, 0.05) is 0 Å². The quantitative estimate of drug-likeness (QED) is 0.601. The normalized spacial score (nSPS) is 12.5. The molecule has 0 bridgehead atoms. The second-order valence-corrected chi connectivity index (χ2v) is 4.73. The van der Waals surface area contributed by atoms with Crippen LogP contribution in [0.2, 0.25) is 0 Å². The van der Waals surface area contributed by atoms with E-state index in [-0.39, 0.29) is 0 Å². The van der Waals surface area contributed by atoms with Gasteiger partial charge in [-0.1, -0.05) is 4.13 Å². The summed E-state index contributed by atoms with van der Waals surface area (Å²) in [5.41, 5.74) is -0.441. The van der Waals surface area contributed by atoms with E-state index in [2.05, 4.69) is 8.50 Å². The molecule has 0 aromatic carbocycles. The maximum atomic E-state index is 11.6. The molecule has 7 heteroatoms. The van der Waals surface area contributed by atoms with Gasteiger partial charge in [0.15, 0.2) is 0 Å². The predicted molar refractivity (Wildman–Crippen MR) is 41.8 cm³/mol. The van der Waals surface area contributed by atoms with Crippen LogP contribution in [0.5, 0.6) is 0 Å². The van der Waals surface area contributed by atoms with Crippen molar-refractivity contribution in [2.24, 2.45) is 8.50 Å². The van der Waals surface area contributed by atoms with E-state index in [1.807, 2.05) is 0 Å². The maximum absolute atomic E-state index is 11.6. The van der Waals surface area contributed by atoms with Crippen molar-refractivity contribution in [1.29, 1.82) is 0 Å². The van der Waals surface area contributed by atoms with Crippen LogP contribution in [0.4, 0.5) is 8.39 Å². The van der Waals surface area contributed by atoms with Crippen LogP contribution in [0.15, 0.2) is 8.50 Å². The van der Waals surface area contributed by atoms with Gasteiger partial charge < -0.3 is 0 Å². The molecule has 0 aliphatic rings. The molecule has 0 atom stereocenters. The van der Waals surface area contributed by atoms with E-state index in [0.29, 0.717) is 11.4 Å². The number of rotatable bonds is 1. The Morgan fingerprint density at radius 2 is 1.82 bits per heavy atom. The Hall–Kier alpha value is -0.0900. The Balaban J connectivity index is 4.37. The lowest BCUT2D eigenvalue weighted by molar-refractivity contribution is 0.497. The summed E-state index contributed by atoms with van der Waals surface area (Å²) < 4.78 is 39.1. The lowest BCUT2D eigenvalue weighted by Gasteiger charge is -2.06. The first-order chi connectivity index (χ1) is 4.71. The minimum absolute atomic E-state index is 0.304. The van der Waals surface area contributed by atoms with Crippen LogP contribution >= 0.6 is 7.91 Å². The summed E-state index contributed by atoms with van der Waals surface area (Å²) in [6.45, 7) is 5.20. The van der Waals surface area contributed by atoms with Gasteiger partial charge in [0.25, 0.3) is 0 Å². The zero-order valence-electron chi connectivity index (χ0n) is 6.41. The molecular weight excluding hydrogens is 193 g/mol. The molecule has 66 valence electrons. The fourth-order valence-electron chi connectivity index (χ4n) is 0.183. The Bertz CT molecular complexity index is 237. The average molecular weight is 202 g/mol. The summed E-state index contributed by atoms with van der Waals surface area (Å²) in [6.07, 6.45) is 0. The van der Waals surface area contributed by atoms with Gasteiger partial charge >= 0.3 is 7.91 Å². The molecule has 0 fully saturated rings. The summed E-state index contributed by atoms with van der Waals surface area (Å²) in [4.78, 5) is 0. The number of nitrogens with zero attached hydrogens (tertiary/aromatic N) is 2. The van der Waals surface area contributed by atoms with Crippen molar-refractivity contribution in [3.05, 3.63) is 0 Å². The molecule has 0 saturated carbocycles. The molecule has 0 heterocycles. The Kier molecular flexibility index (Phi) is 3.51. The maximum Gasteiger partial charge on any atom is 0.541 e. The van der Waals surface area contributed by atoms with Crippen LogP contribution in [0.3, 0.4) is 0 Å². The van der Waals surface area contributed by atoms with Crippen LogP contribution in [-0.2, 0) is 15.9 Å². The first-order valence-electron chi connectivity index (χ1n) is 2.81. The Labute approximate surface area is 67.8 Å². The first-order valence-corrected chi connectivity index (χ1v) is 4.98. The topological polar surface area (TPSA) is 41.8 Å². The van der Waals surface area contributed by atoms with Crippen molar-refractivity contribution >= 4 is 19.3 Å². The third kappa shape index (κ3) is 9.91. The molecule has 0 spiro atoms. The van der Waals surface area contributed by atoms with Crippen LogP contribution in [0, 0.1) is 0 Å². The van der Waals surface area contributed by atoms with Crippen LogP contribution < -0.4 is 0 Å². The van der Waals surface area contributed by atoms with Gasteiger partial charge in [-0.2, -0.15) is 0 Å². The van der Waals surface area contributed by atoms with Gasteiger partial charge in [-0.3, -0.25) is 0 Å². The lowest BCUT2D eigenvalue weighted by atomic mass is 10.1. The van der Waals surface area contributed by atoms with Crippen LogP contribution in [0.25, 0.3) is 0 Å². The predicted octanol–water partition coefficient (Wildman–Crippen LogP) is 3.28. The molecule has 0 radical (unpaired) electrons. The van der Waals surface area contributed by atoms with Crippen molar-refractivity contribution in [2.45, 2.75) is 26.3 Å². The van der Waals surface area contributed by atoms with Gasteiger partial charge in [-0.15, -0.1) is 8.39 Å². The van der Waals surface area contributed by atoms with E-state index >= 15 is 0 Å². The van der Waals surface area contributed by atoms with E-state index in [9.17, 15) is 13.0 Å². The summed E-state index contributed by atoms with van der Waals surface area (Å²) >= 11 is 0.304. The molecule has 0 aromatic heterocycles. The summed E-state index contributed by atoms with van der Waals surface area (Å²) in [7, 11) is -5.26. The van der Waals surface area contributed by atoms with Crippen LogP contribution in [-0.4, -0.2) is 5.54 Å². The molecule has 3 nitrogen and oxygen atoms in total. The third-order valence-electron chi connectivity index (χ3n) is 0.446. The molecule has 0 saturated heterocycles. The lowest BCUT2D eigenvalue weighted by Crippen LogP contribution is -2.07. The standard InChI is InChI=1S/C4H9F2N2OPS/c1-4(2,3)7-11-8-10(5,6)9/h1-3H3. The minimum Gasteiger partial charge on any atom is -0.223 e. The fraction of sp³-hybridized carbons (Fsp3) is 1.00. The Morgan fingerprint density at radius 1 is 1.36 bits per heavy atom. The molecule has 0 unspecified atom stereocenters. The van der Waals surface area contributed by atoms with Crippen molar-refractivity contribution in [2.75, 3.05) is 0 Å². The second kappa shape index (κ2) is 3.54. The van der Waals surface area contributed by atoms with Crippen molar-refractivity contribution in [3.8, 4) is 0 Å². The fourth-order valence-corrected chi connectivity index (χ4v) is 0.914. The molecule has 0 aliphatic heterocycles. The molecule has 0 rings (SSSR count).